The number of hydrogen-bond acceptors (Lipinski definition) is 5. The van der Waals surface area contributed by atoms with E-state index in [1.165, 1.54) is 0 Å². The Balaban J connectivity index is 1.84. The maximum atomic E-state index is 12.3. The van der Waals surface area contributed by atoms with E-state index in [9.17, 15) is 9.59 Å². The number of amides is 1. The summed E-state index contributed by atoms with van der Waals surface area (Å²) in [6.45, 7) is 6.64. The third kappa shape index (κ3) is 3.75. The zero-order chi connectivity index (χ0) is 18.2. The molecule has 0 spiro atoms. The topological polar surface area (TPSA) is 92.9 Å². The number of carboxylic acids is 1. The number of hydrogen-bond donors (Lipinski definition) is 1. The van der Waals surface area contributed by atoms with Crippen LogP contribution in [-0.2, 0) is 28.8 Å². The van der Waals surface area contributed by atoms with Gasteiger partial charge >= 0.3 is 12.1 Å². The Kier molecular flexibility index (Phi) is 4.41. The van der Waals surface area contributed by atoms with Gasteiger partial charge in [0.1, 0.15) is 11.3 Å². The molecule has 1 aliphatic rings. The molecule has 1 amide bonds. The van der Waals surface area contributed by atoms with Gasteiger partial charge in [-0.25, -0.2) is 4.79 Å². The molecule has 0 radical (unpaired) electrons. The highest BCUT2D eigenvalue weighted by molar-refractivity contribution is 5.86. The fraction of sp³-hybridized carbons (Fsp3) is 0.500. The van der Waals surface area contributed by atoms with Crippen LogP contribution in [0, 0.1) is 0 Å². The lowest BCUT2D eigenvalue weighted by Gasteiger charge is -2.26. The second-order valence-electron chi connectivity index (χ2n) is 7.25. The molecule has 0 unspecified atom stereocenters. The van der Waals surface area contributed by atoms with Crippen molar-refractivity contribution in [1.82, 2.24) is 10.1 Å². The minimum absolute atomic E-state index is 0.171. The van der Waals surface area contributed by atoms with Gasteiger partial charge in [0.2, 0.25) is 0 Å². The number of nitrogens with zero attached hydrogens (tertiary/aromatic N) is 2. The van der Waals surface area contributed by atoms with Crippen LogP contribution in [0.5, 0.6) is 0 Å². The average Bonchev–Trinajstić information content (AvgIpc) is 2.76. The highest BCUT2D eigenvalue weighted by Gasteiger charge is 2.26. The molecule has 0 aliphatic carbocycles. The molecule has 1 N–H and O–H groups in total. The van der Waals surface area contributed by atoms with Gasteiger partial charge in [-0.15, -0.1) is 0 Å². The number of rotatable bonds is 2. The summed E-state index contributed by atoms with van der Waals surface area (Å²) >= 11 is 0. The molecule has 0 fully saturated rings. The molecule has 134 valence electrons. The Hall–Kier alpha value is -2.57. The number of carboxylic acid groups (broad SMARTS) is 1. The molecule has 3 rings (SSSR count). The van der Waals surface area contributed by atoms with Gasteiger partial charge in [-0.3, -0.25) is 4.79 Å². The number of carbonyl (C=O) groups excluding carboxylic acids is 1. The van der Waals surface area contributed by atoms with Crippen LogP contribution < -0.4 is 0 Å². The highest BCUT2D eigenvalue weighted by Crippen LogP contribution is 2.28. The molecule has 2 aromatic rings. The van der Waals surface area contributed by atoms with E-state index in [1.807, 2.05) is 32.9 Å². The standard InChI is InChI=1S/C18H22N2O5/c1-18(2,3)24-17(23)20-8-6-11-4-5-13-14(10-15(21)22)19-25-16(13)12(11)7-9-20/h4-5H,6-10H2,1-3H3,(H,21,22). The summed E-state index contributed by atoms with van der Waals surface area (Å²) in [6.07, 6.45) is 0.823. The summed E-state index contributed by atoms with van der Waals surface area (Å²) < 4.78 is 10.9. The SMILES string of the molecule is CC(C)(C)OC(=O)N1CCc2ccc3c(CC(=O)O)noc3c2CC1. The summed E-state index contributed by atoms with van der Waals surface area (Å²) in [5.41, 5.74) is 2.61. The zero-order valence-electron chi connectivity index (χ0n) is 14.7. The smallest absolute Gasteiger partial charge is 0.410 e. The van der Waals surface area contributed by atoms with Gasteiger partial charge < -0.3 is 19.3 Å². The lowest BCUT2D eigenvalue weighted by atomic mass is 9.99. The molecule has 2 heterocycles. The molecule has 0 atom stereocenters. The molecular formula is C18H22N2O5. The summed E-state index contributed by atoms with van der Waals surface area (Å²) in [6, 6.07) is 3.82. The van der Waals surface area contributed by atoms with Crippen molar-refractivity contribution < 1.29 is 24.0 Å². The second kappa shape index (κ2) is 6.38. The van der Waals surface area contributed by atoms with Crippen molar-refractivity contribution >= 4 is 23.0 Å². The summed E-state index contributed by atoms with van der Waals surface area (Å²) in [7, 11) is 0. The van der Waals surface area contributed by atoms with Crippen molar-refractivity contribution in [2.45, 2.75) is 45.6 Å². The van der Waals surface area contributed by atoms with Crippen LogP contribution in [0.2, 0.25) is 0 Å². The number of aliphatic carboxylic acids is 1. The van der Waals surface area contributed by atoms with Crippen LogP contribution in [-0.4, -0.2) is 45.9 Å². The lowest BCUT2D eigenvalue weighted by molar-refractivity contribution is -0.136. The molecule has 0 bridgehead atoms. The predicted octanol–water partition coefficient (Wildman–Crippen LogP) is 2.79. The normalized spacial score (nSPS) is 14.9. The zero-order valence-corrected chi connectivity index (χ0v) is 14.7. The Labute approximate surface area is 145 Å². The number of ether oxygens (including phenoxy) is 1. The van der Waals surface area contributed by atoms with E-state index in [0.29, 0.717) is 37.2 Å². The Morgan fingerprint density at radius 2 is 2.00 bits per heavy atom. The molecule has 1 aromatic carbocycles. The first kappa shape index (κ1) is 17.3. The largest absolute Gasteiger partial charge is 0.481 e. The van der Waals surface area contributed by atoms with Crippen molar-refractivity contribution in [3.63, 3.8) is 0 Å². The van der Waals surface area contributed by atoms with E-state index in [-0.39, 0.29) is 12.5 Å². The number of fused-ring (bicyclic) bond motifs is 3. The summed E-state index contributed by atoms with van der Waals surface area (Å²) in [5.74, 6) is -0.943. The maximum absolute atomic E-state index is 12.3. The van der Waals surface area contributed by atoms with E-state index < -0.39 is 11.6 Å². The van der Waals surface area contributed by atoms with Gasteiger partial charge in [0.05, 0.1) is 6.42 Å². The Morgan fingerprint density at radius 3 is 2.68 bits per heavy atom. The first-order valence-corrected chi connectivity index (χ1v) is 8.33. The van der Waals surface area contributed by atoms with Crippen molar-refractivity contribution in [3.05, 3.63) is 29.0 Å². The second-order valence-corrected chi connectivity index (χ2v) is 7.25. The van der Waals surface area contributed by atoms with Crippen molar-refractivity contribution in [2.24, 2.45) is 0 Å². The van der Waals surface area contributed by atoms with Crippen LogP contribution in [0.4, 0.5) is 4.79 Å². The number of benzene rings is 1. The molecule has 7 nitrogen and oxygen atoms in total. The van der Waals surface area contributed by atoms with Crippen molar-refractivity contribution in [3.8, 4) is 0 Å². The van der Waals surface area contributed by atoms with Crippen LogP contribution in [0.3, 0.4) is 0 Å². The highest BCUT2D eigenvalue weighted by atomic mass is 16.6. The molecule has 0 saturated heterocycles. The van der Waals surface area contributed by atoms with Crippen LogP contribution in [0.15, 0.2) is 16.7 Å². The van der Waals surface area contributed by atoms with Gasteiger partial charge in [-0.05, 0) is 45.2 Å². The average molecular weight is 346 g/mol. The minimum atomic E-state index is -0.943. The van der Waals surface area contributed by atoms with Gasteiger partial charge in [0.15, 0.2) is 5.58 Å². The first-order valence-electron chi connectivity index (χ1n) is 8.33. The lowest BCUT2D eigenvalue weighted by Crippen LogP contribution is -2.38. The molecule has 1 aromatic heterocycles. The molecular weight excluding hydrogens is 324 g/mol. The van der Waals surface area contributed by atoms with Crippen LogP contribution >= 0.6 is 0 Å². The fourth-order valence-electron chi connectivity index (χ4n) is 3.05. The maximum Gasteiger partial charge on any atom is 0.410 e. The van der Waals surface area contributed by atoms with E-state index in [1.54, 1.807) is 4.90 Å². The summed E-state index contributed by atoms with van der Waals surface area (Å²) in [5, 5.41) is 13.6. The monoisotopic (exact) mass is 346 g/mol. The van der Waals surface area contributed by atoms with Crippen molar-refractivity contribution in [1.29, 1.82) is 0 Å². The van der Waals surface area contributed by atoms with Crippen molar-refractivity contribution in [2.75, 3.05) is 13.1 Å². The Bertz CT molecular complexity index is 819. The van der Waals surface area contributed by atoms with E-state index in [0.717, 1.165) is 16.5 Å². The molecule has 0 saturated carbocycles. The third-order valence-corrected chi connectivity index (χ3v) is 4.17. The number of aromatic nitrogens is 1. The van der Waals surface area contributed by atoms with Crippen LogP contribution in [0.25, 0.3) is 11.0 Å². The first-order chi connectivity index (χ1) is 11.7. The number of carbonyl (C=O) groups is 2. The van der Waals surface area contributed by atoms with Crippen LogP contribution in [0.1, 0.15) is 37.6 Å². The van der Waals surface area contributed by atoms with Gasteiger partial charge in [-0.1, -0.05) is 11.2 Å². The van der Waals surface area contributed by atoms with E-state index in [2.05, 4.69) is 5.16 Å². The predicted molar refractivity (Wildman–Crippen MR) is 90.6 cm³/mol. The third-order valence-electron chi connectivity index (χ3n) is 4.17. The van der Waals surface area contributed by atoms with E-state index in [4.69, 9.17) is 14.4 Å². The Morgan fingerprint density at radius 1 is 1.28 bits per heavy atom. The van der Waals surface area contributed by atoms with Gasteiger partial charge in [0.25, 0.3) is 0 Å². The quantitative estimate of drug-likeness (QED) is 0.899. The van der Waals surface area contributed by atoms with E-state index >= 15 is 0 Å². The van der Waals surface area contributed by atoms with Gasteiger partial charge in [-0.2, -0.15) is 0 Å². The summed E-state index contributed by atoms with van der Waals surface area (Å²) in [4.78, 5) is 25.0. The molecule has 1 aliphatic heterocycles. The minimum Gasteiger partial charge on any atom is -0.481 e. The molecule has 7 heteroatoms. The molecule has 25 heavy (non-hydrogen) atoms. The van der Waals surface area contributed by atoms with Gasteiger partial charge in [0, 0.05) is 24.0 Å². The fourth-order valence-corrected chi connectivity index (χ4v) is 3.05.